The number of amides is 1. The van der Waals surface area contributed by atoms with Crippen molar-refractivity contribution in [3.63, 3.8) is 0 Å². The Bertz CT molecular complexity index is 275. The lowest BCUT2D eigenvalue weighted by atomic mass is 10.2. The summed E-state index contributed by atoms with van der Waals surface area (Å²) in [6.07, 6.45) is 2.54. The summed E-state index contributed by atoms with van der Waals surface area (Å²) in [7, 11) is 0. The molecule has 1 rings (SSSR count). The van der Waals surface area contributed by atoms with Gasteiger partial charge in [0.15, 0.2) is 0 Å². The van der Waals surface area contributed by atoms with Crippen LogP contribution in [0.25, 0.3) is 0 Å². The molecule has 1 aliphatic rings. The molecule has 0 bridgehead atoms. The average molecular weight is 264 g/mol. The summed E-state index contributed by atoms with van der Waals surface area (Å²) < 4.78 is 0. The minimum Gasteiger partial charge on any atom is -0.480 e. The van der Waals surface area contributed by atoms with Gasteiger partial charge in [0.05, 0.1) is 11.9 Å². The quantitative estimate of drug-likeness (QED) is 0.730. The van der Waals surface area contributed by atoms with Gasteiger partial charge in [-0.05, 0) is 18.4 Å². The summed E-state index contributed by atoms with van der Waals surface area (Å²) in [4.78, 5) is 24.2. The van der Waals surface area contributed by atoms with E-state index in [1.807, 2.05) is 6.26 Å². The summed E-state index contributed by atoms with van der Waals surface area (Å²) in [5.74, 6) is 0.506. The zero-order chi connectivity index (χ0) is 12.1. The van der Waals surface area contributed by atoms with Gasteiger partial charge in [-0.1, -0.05) is 0 Å². The molecule has 5 nitrogen and oxygen atoms in total. The Labute approximate surface area is 103 Å². The summed E-state index contributed by atoms with van der Waals surface area (Å²) in [6, 6.07) is -1.29. The highest BCUT2D eigenvalue weighted by atomic mass is 32.2. The molecule has 2 atom stereocenters. The summed E-state index contributed by atoms with van der Waals surface area (Å²) in [5, 5.41) is 8.94. The maximum atomic E-state index is 11.9. The van der Waals surface area contributed by atoms with E-state index in [0.717, 1.165) is 5.75 Å². The zero-order valence-corrected chi connectivity index (χ0v) is 10.7. The lowest BCUT2D eigenvalue weighted by Gasteiger charge is -2.23. The molecule has 0 aromatic carbocycles. The predicted octanol–water partition coefficient (Wildman–Crippen LogP) is 0.0529. The van der Waals surface area contributed by atoms with Gasteiger partial charge in [0.25, 0.3) is 0 Å². The average Bonchev–Trinajstić information content (AvgIpc) is 2.73. The van der Waals surface area contributed by atoms with Crippen LogP contribution >= 0.6 is 23.5 Å². The van der Waals surface area contributed by atoms with Gasteiger partial charge < -0.3 is 15.7 Å². The summed E-state index contributed by atoms with van der Waals surface area (Å²) >= 11 is 3.08. The van der Waals surface area contributed by atoms with E-state index in [4.69, 9.17) is 10.8 Å². The van der Waals surface area contributed by atoms with Crippen LogP contribution < -0.4 is 5.73 Å². The second-order valence-electron chi connectivity index (χ2n) is 3.55. The first-order valence-electron chi connectivity index (χ1n) is 4.93. The molecule has 1 fully saturated rings. The van der Waals surface area contributed by atoms with Crippen molar-refractivity contribution in [2.24, 2.45) is 5.73 Å². The van der Waals surface area contributed by atoms with Crippen LogP contribution in [0.3, 0.4) is 0 Å². The molecule has 0 saturated carbocycles. The van der Waals surface area contributed by atoms with E-state index in [-0.39, 0.29) is 5.91 Å². The van der Waals surface area contributed by atoms with E-state index in [9.17, 15) is 9.59 Å². The number of carbonyl (C=O) groups is 2. The number of hydrogen-bond acceptors (Lipinski definition) is 5. The third-order valence-electron chi connectivity index (χ3n) is 2.40. The van der Waals surface area contributed by atoms with Gasteiger partial charge in [0, 0.05) is 5.75 Å². The van der Waals surface area contributed by atoms with Crippen LogP contribution in [0.4, 0.5) is 0 Å². The van der Waals surface area contributed by atoms with Gasteiger partial charge in [-0.15, -0.1) is 11.8 Å². The molecular weight excluding hydrogens is 248 g/mol. The number of rotatable bonds is 5. The van der Waals surface area contributed by atoms with Gasteiger partial charge in [-0.2, -0.15) is 11.8 Å². The van der Waals surface area contributed by atoms with Crippen LogP contribution in [-0.4, -0.2) is 57.6 Å². The highest BCUT2D eigenvalue weighted by Gasteiger charge is 2.36. The Hall–Kier alpha value is -0.400. The largest absolute Gasteiger partial charge is 0.480 e. The third-order valence-corrected chi connectivity index (χ3v) is 4.06. The van der Waals surface area contributed by atoms with Crippen LogP contribution in [0.1, 0.15) is 6.42 Å². The summed E-state index contributed by atoms with van der Waals surface area (Å²) in [6.45, 7) is 0. The van der Waals surface area contributed by atoms with E-state index >= 15 is 0 Å². The number of carboxylic acids is 1. The van der Waals surface area contributed by atoms with Crippen molar-refractivity contribution in [2.75, 3.05) is 23.6 Å². The summed E-state index contributed by atoms with van der Waals surface area (Å²) in [5.41, 5.74) is 5.74. The molecule has 0 aromatic heterocycles. The van der Waals surface area contributed by atoms with Gasteiger partial charge in [-0.3, -0.25) is 4.79 Å². The number of thioether (sulfide) groups is 2. The van der Waals surface area contributed by atoms with Crippen molar-refractivity contribution >= 4 is 35.4 Å². The van der Waals surface area contributed by atoms with Gasteiger partial charge in [0.2, 0.25) is 5.91 Å². The molecule has 3 N–H and O–H groups in total. The van der Waals surface area contributed by atoms with Gasteiger partial charge >= 0.3 is 5.97 Å². The lowest BCUT2D eigenvalue weighted by molar-refractivity contribution is -0.148. The first kappa shape index (κ1) is 13.7. The number of nitrogens with zero attached hydrogens (tertiary/aromatic N) is 1. The molecule has 0 spiro atoms. The molecule has 7 heteroatoms. The second kappa shape index (κ2) is 6.36. The van der Waals surface area contributed by atoms with Crippen molar-refractivity contribution in [1.82, 2.24) is 4.90 Å². The van der Waals surface area contributed by atoms with Crippen molar-refractivity contribution in [2.45, 2.75) is 18.5 Å². The number of nitrogens with two attached hydrogens (primary N) is 1. The standard InChI is InChI=1S/C9H16N2O3S2/c1-15-3-2-6(10)8(12)11-5-16-4-7(11)9(13)14/h6-7H,2-5,10H2,1H3,(H,13,14)/t6-,7?/m1/s1. The predicted molar refractivity (Wildman–Crippen MR) is 66.6 cm³/mol. The van der Waals surface area contributed by atoms with E-state index in [0.29, 0.717) is 18.1 Å². The SMILES string of the molecule is CSCC[C@@H](N)C(=O)N1CSCC1C(=O)O. The maximum Gasteiger partial charge on any atom is 0.327 e. The van der Waals surface area contributed by atoms with Crippen LogP contribution in [0.15, 0.2) is 0 Å². The Kier molecular flexibility index (Phi) is 5.43. The number of aliphatic carboxylic acids is 1. The topological polar surface area (TPSA) is 83.6 Å². The molecule has 1 aliphatic heterocycles. The van der Waals surface area contributed by atoms with E-state index in [1.54, 1.807) is 11.8 Å². The van der Waals surface area contributed by atoms with Gasteiger partial charge in [-0.25, -0.2) is 4.79 Å². The molecule has 1 unspecified atom stereocenters. The molecule has 0 aliphatic carbocycles. The number of hydrogen-bond donors (Lipinski definition) is 2. The lowest BCUT2D eigenvalue weighted by Crippen LogP contribution is -2.49. The van der Waals surface area contributed by atoms with Crippen molar-refractivity contribution in [3.05, 3.63) is 0 Å². The Morgan fingerprint density at radius 3 is 2.94 bits per heavy atom. The maximum absolute atomic E-state index is 11.9. The third kappa shape index (κ3) is 3.29. The van der Waals surface area contributed by atoms with Crippen molar-refractivity contribution in [1.29, 1.82) is 0 Å². The minimum atomic E-state index is -0.949. The van der Waals surface area contributed by atoms with E-state index < -0.39 is 18.1 Å². The normalized spacial score (nSPS) is 22.1. The number of carboxylic acid groups (broad SMARTS) is 1. The molecular formula is C9H16N2O3S2. The van der Waals surface area contributed by atoms with E-state index in [2.05, 4.69) is 0 Å². The van der Waals surface area contributed by atoms with Crippen LogP contribution in [-0.2, 0) is 9.59 Å². The Morgan fingerprint density at radius 1 is 1.69 bits per heavy atom. The van der Waals surface area contributed by atoms with Crippen LogP contribution in [0.2, 0.25) is 0 Å². The smallest absolute Gasteiger partial charge is 0.327 e. The first-order chi connectivity index (χ1) is 7.57. The minimum absolute atomic E-state index is 0.244. The number of carbonyl (C=O) groups excluding carboxylic acids is 1. The molecule has 0 aromatic rings. The monoisotopic (exact) mass is 264 g/mol. The van der Waals surface area contributed by atoms with Gasteiger partial charge in [0.1, 0.15) is 6.04 Å². The van der Waals surface area contributed by atoms with Crippen molar-refractivity contribution < 1.29 is 14.7 Å². The molecule has 1 amide bonds. The molecule has 16 heavy (non-hydrogen) atoms. The van der Waals surface area contributed by atoms with Crippen LogP contribution in [0, 0.1) is 0 Å². The molecule has 1 saturated heterocycles. The molecule has 1 heterocycles. The highest BCUT2D eigenvalue weighted by molar-refractivity contribution is 7.99. The fourth-order valence-corrected chi connectivity index (χ4v) is 3.09. The first-order valence-corrected chi connectivity index (χ1v) is 7.48. The Morgan fingerprint density at radius 2 is 2.38 bits per heavy atom. The fourth-order valence-electron chi connectivity index (χ4n) is 1.45. The van der Waals surface area contributed by atoms with Crippen LogP contribution in [0.5, 0.6) is 0 Å². The second-order valence-corrected chi connectivity index (χ2v) is 5.54. The Balaban J connectivity index is 2.55. The van der Waals surface area contributed by atoms with Crippen molar-refractivity contribution in [3.8, 4) is 0 Å². The van der Waals surface area contributed by atoms with E-state index in [1.165, 1.54) is 16.7 Å². The highest BCUT2D eigenvalue weighted by Crippen LogP contribution is 2.22. The fraction of sp³-hybridized carbons (Fsp3) is 0.778. The molecule has 92 valence electrons. The zero-order valence-electron chi connectivity index (χ0n) is 9.09. The molecule has 0 radical (unpaired) electrons.